The fraction of sp³-hybridized carbons (Fsp3) is 0.304. The number of nitrogens with zero attached hydrogens (tertiary/aromatic N) is 4. The van der Waals surface area contributed by atoms with Gasteiger partial charge in [0.05, 0.1) is 12.6 Å². The summed E-state index contributed by atoms with van der Waals surface area (Å²) in [6, 6.07) is 9.70. The van der Waals surface area contributed by atoms with E-state index in [0.717, 1.165) is 12.8 Å². The molecule has 2 heterocycles. The van der Waals surface area contributed by atoms with Crippen LogP contribution in [0.5, 0.6) is 0 Å². The van der Waals surface area contributed by atoms with Crippen LogP contribution in [0.2, 0.25) is 5.15 Å². The molecule has 3 aromatic rings. The van der Waals surface area contributed by atoms with E-state index in [1.54, 1.807) is 36.4 Å². The number of ketones is 1. The van der Waals surface area contributed by atoms with Gasteiger partial charge in [-0.1, -0.05) is 17.7 Å². The van der Waals surface area contributed by atoms with E-state index in [1.165, 1.54) is 23.6 Å². The summed E-state index contributed by atoms with van der Waals surface area (Å²) in [4.78, 5) is 55.0. The summed E-state index contributed by atoms with van der Waals surface area (Å²) in [7, 11) is 1.25. The van der Waals surface area contributed by atoms with Gasteiger partial charge in [-0.2, -0.15) is 5.10 Å². The van der Waals surface area contributed by atoms with E-state index in [1.807, 2.05) is 0 Å². The second-order valence-electron chi connectivity index (χ2n) is 8.06. The molecule has 0 radical (unpaired) electrons. The van der Waals surface area contributed by atoms with Crippen LogP contribution in [0, 0.1) is 0 Å². The Hall–Kier alpha value is -3.99. The average Bonchev–Trinajstić information content (AvgIpc) is 3.59. The Morgan fingerprint density at radius 3 is 2.60 bits per heavy atom. The number of Topliss-reactive ketones (excluding diaryl/α,β-unsaturated/α-hetero) is 1. The molecule has 2 N–H and O–H groups in total. The summed E-state index contributed by atoms with van der Waals surface area (Å²) < 4.78 is 6.03. The fourth-order valence-electron chi connectivity index (χ4n) is 3.65. The monoisotopic (exact) mass is 498 g/mol. The molecule has 11 nitrogen and oxygen atoms in total. The SMILES string of the molecule is COC(=O)Nc1ccc2c(c1)c(C(C)=O)nn2CC(=O)N(CC(=O)Nc1cccc(Cl)n1)C1CC1. The lowest BCUT2D eigenvalue weighted by Gasteiger charge is -2.22. The van der Waals surface area contributed by atoms with Gasteiger partial charge in [0.1, 0.15) is 29.8 Å². The van der Waals surface area contributed by atoms with Crippen LogP contribution in [-0.2, 0) is 20.9 Å². The van der Waals surface area contributed by atoms with Crippen molar-refractivity contribution in [2.75, 3.05) is 24.3 Å². The van der Waals surface area contributed by atoms with E-state index in [4.69, 9.17) is 11.6 Å². The molecular weight excluding hydrogens is 476 g/mol. The Balaban J connectivity index is 1.53. The molecule has 35 heavy (non-hydrogen) atoms. The molecule has 3 amide bonds. The quantitative estimate of drug-likeness (QED) is 0.360. The summed E-state index contributed by atoms with van der Waals surface area (Å²) in [6.45, 7) is 1.06. The van der Waals surface area contributed by atoms with Gasteiger partial charge < -0.3 is 15.0 Å². The van der Waals surface area contributed by atoms with E-state index in [9.17, 15) is 19.2 Å². The summed E-state index contributed by atoms with van der Waals surface area (Å²) in [5.74, 6) is -0.693. The minimum atomic E-state index is -0.650. The molecule has 0 bridgehead atoms. The van der Waals surface area contributed by atoms with Crippen LogP contribution >= 0.6 is 11.6 Å². The van der Waals surface area contributed by atoms with Gasteiger partial charge in [-0.25, -0.2) is 9.78 Å². The number of carbonyl (C=O) groups is 4. The second kappa shape index (κ2) is 10.1. The third-order valence-corrected chi connectivity index (χ3v) is 5.62. The molecule has 1 aromatic carbocycles. The third-order valence-electron chi connectivity index (χ3n) is 5.41. The second-order valence-corrected chi connectivity index (χ2v) is 8.44. The number of anilines is 2. The van der Waals surface area contributed by atoms with Gasteiger partial charge in [0.2, 0.25) is 11.8 Å². The first kappa shape index (κ1) is 24.1. The number of halogens is 1. The fourth-order valence-corrected chi connectivity index (χ4v) is 3.81. The first-order valence-electron chi connectivity index (χ1n) is 10.8. The number of nitrogens with one attached hydrogen (secondary N) is 2. The third kappa shape index (κ3) is 5.75. The van der Waals surface area contributed by atoms with Crippen LogP contribution in [0.4, 0.5) is 16.3 Å². The van der Waals surface area contributed by atoms with Crippen LogP contribution in [0.25, 0.3) is 10.9 Å². The lowest BCUT2D eigenvalue weighted by Crippen LogP contribution is -2.41. The number of methoxy groups -OCH3 is 1. The predicted octanol–water partition coefficient (Wildman–Crippen LogP) is 3.10. The highest BCUT2D eigenvalue weighted by Gasteiger charge is 2.34. The largest absolute Gasteiger partial charge is 0.453 e. The Morgan fingerprint density at radius 2 is 1.94 bits per heavy atom. The van der Waals surface area contributed by atoms with Crippen molar-refractivity contribution in [3.8, 4) is 0 Å². The van der Waals surface area contributed by atoms with Gasteiger partial charge in [-0.05, 0) is 43.2 Å². The minimum Gasteiger partial charge on any atom is -0.453 e. The van der Waals surface area contributed by atoms with E-state index < -0.39 is 12.0 Å². The van der Waals surface area contributed by atoms with Gasteiger partial charge >= 0.3 is 6.09 Å². The van der Waals surface area contributed by atoms with Crippen molar-refractivity contribution in [3.05, 3.63) is 47.2 Å². The highest BCUT2D eigenvalue weighted by atomic mass is 35.5. The van der Waals surface area contributed by atoms with E-state index in [2.05, 4.69) is 25.5 Å². The smallest absolute Gasteiger partial charge is 0.411 e. The number of hydrogen-bond acceptors (Lipinski definition) is 7. The van der Waals surface area contributed by atoms with Crippen molar-refractivity contribution in [2.24, 2.45) is 0 Å². The molecule has 12 heteroatoms. The van der Waals surface area contributed by atoms with Gasteiger partial charge in [-0.15, -0.1) is 0 Å². The first-order valence-corrected chi connectivity index (χ1v) is 11.2. The Bertz CT molecular complexity index is 1320. The zero-order valence-electron chi connectivity index (χ0n) is 19.1. The molecule has 1 saturated carbocycles. The molecule has 182 valence electrons. The summed E-state index contributed by atoms with van der Waals surface area (Å²) in [5.41, 5.74) is 1.13. The van der Waals surface area contributed by atoms with Crippen molar-refractivity contribution in [1.29, 1.82) is 0 Å². The van der Waals surface area contributed by atoms with Crippen molar-refractivity contribution < 1.29 is 23.9 Å². The van der Waals surface area contributed by atoms with E-state index in [-0.39, 0.29) is 41.7 Å². The topological polar surface area (TPSA) is 136 Å². The van der Waals surface area contributed by atoms with Crippen molar-refractivity contribution in [1.82, 2.24) is 19.7 Å². The molecule has 1 aliphatic carbocycles. The van der Waals surface area contributed by atoms with Crippen molar-refractivity contribution >= 4 is 57.7 Å². The highest BCUT2D eigenvalue weighted by molar-refractivity contribution is 6.29. The highest BCUT2D eigenvalue weighted by Crippen LogP contribution is 2.28. The maximum atomic E-state index is 13.2. The Labute approximate surface area is 205 Å². The standard InChI is InChI=1S/C23H23ClN6O5/c1-13(31)22-16-10-14(25-23(34)35-2)6-9-17(16)30(28-22)12-21(33)29(15-7-8-15)11-20(32)27-19-5-3-4-18(24)26-19/h3-6,9-10,15H,7-8,11-12H2,1-2H3,(H,25,34)(H,26,27,32). The van der Waals surface area contributed by atoms with Crippen molar-refractivity contribution in [3.63, 3.8) is 0 Å². The molecule has 1 fully saturated rings. The molecule has 0 spiro atoms. The maximum Gasteiger partial charge on any atom is 0.411 e. The van der Waals surface area contributed by atoms with Crippen molar-refractivity contribution in [2.45, 2.75) is 32.4 Å². The minimum absolute atomic E-state index is 0.0365. The molecule has 0 unspecified atom stereocenters. The van der Waals surface area contributed by atoms with Crippen LogP contribution in [0.15, 0.2) is 36.4 Å². The van der Waals surface area contributed by atoms with Gasteiger partial charge in [0.25, 0.3) is 0 Å². The lowest BCUT2D eigenvalue weighted by atomic mass is 10.1. The lowest BCUT2D eigenvalue weighted by molar-refractivity contribution is -0.135. The summed E-state index contributed by atoms with van der Waals surface area (Å²) >= 11 is 5.86. The molecule has 1 aliphatic rings. The zero-order valence-corrected chi connectivity index (χ0v) is 19.8. The number of amides is 3. The number of benzene rings is 1. The van der Waals surface area contributed by atoms with Gasteiger partial charge in [0, 0.05) is 24.0 Å². The van der Waals surface area contributed by atoms with Gasteiger partial charge in [0.15, 0.2) is 5.78 Å². The van der Waals surface area contributed by atoms with Crippen LogP contribution in [0.1, 0.15) is 30.3 Å². The summed E-state index contributed by atoms with van der Waals surface area (Å²) in [6.07, 6.45) is 0.952. The molecule has 0 atom stereocenters. The molecule has 4 rings (SSSR count). The van der Waals surface area contributed by atoms with E-state index in [0.29, 0.717) is 22.4 Å². The molecule has 0 saturated heterocycles. The first-order chi connectivity index (χ1) is 16.7. The number of carbonyl (C=O) groups excluding carboxylic acids is 4. The number of hydrogen-bond donors (Lipinski definition) is 2. The predicted molar refractivity (Wildman–Crippen MR) is 128 cm³/mol. The number of aromatic nitrogens is 3. The Kier molecular flexibility index (Phi) is 6.97. The average molecular weight is 499 g/mol. The zero-order chi connectivity index (χ0) is 25.1. The van der Waals surface area contributed by atoms with Crippen LogP contribution < -0.4 is 10.6 Å². The molecule has 0 aliphatic heterocycles. The van der Waals surface area contributed by atoms with E-state index >= 15 is 0 Å². The van der Waals surface area contributed by atoms with Gasteiger partial charge in [-0.3, -0.25) is 24.4 Å². The maximum absolute atomic E-state index is 13.2. The Morgan fingerprint density at radius 1 is 1.17 bits per heavy atom. The van der Waals surface area contributed by atoms with Crippen LogP contribution in [0.3, 0.4) is 0 Å². The molecule has 2 aromatic heterocycles. The summed E-state index contributed by atoms with van der Waals surface area (Å²) in [5, 5.41) is 10.3. The van der Waals surface area contributed by atoms with Crippen LogP contribution in [-0.4, -0.2) is 63.1 Å². The molecular formula is C23H23ClN6O5. The number of rotatable bonds is 8. The number of fused-ring (bicyclic) bond motifs is 1. The normalized spacial score (nSPS) is 12.8. The number of pyridine rings is 1. The number of ether oxygens (including phenoxy) is 1.